The fraction of sp³-hybridized carbons (Fsp3) is 0.0714. The Morgan fingerprint density at radius 2 is 1.81 bits per heavy atom. The number of nitrogens with one attached hydrogen (secondary N) is 1. The van der Waals surface area contributed by atoms with Crippen LogP contribution >= 0.6 is 33.3 Å². The maximum absolute atomic E-state index is 12.0. The molecule has 0 atom stereocenters. The molecule has 0 saturated carbocycles. The summed E-state index contributed by atoms with van der Waals surface area (Å²) in [7, 11) is 1.52. The fourth-order valence-electron chi connectivity index (χ4n) is 1.68. The SMILES string of the molecule is O=C(NCc1ccc(S(=O)(=O)Cl)cc1)c1cccc(I)c1. The normalized spacial score (nSPS) is 11.1. The third-order valence-electron chi connectivity index (χ3n) is 2.74. The summed E-state index contributed by atoms with van der Waals surface area (Å²) < 4.78 is 23.2. The molecule has 0 bridgehead atoms. The number of benzene rings is 2. The highest BCUT2D eigenvalue weighted by atomic mass is 127. The van der Waals surface area contributed by atoms with Crippen LogP contribution in [0.15, 0.2) is 53.4 Å². The van der Waals surface area contributed by atoms with E-state index in [1.165, 1.54) is 12.1 Å². The van der Waals surface area contributed by atoms with Gasteiger partial charge >= 0.3 is 0 Å². The zero-order valence-electron chi connectivity index (χ0n) is 10.7. The molecule has 7 heteroatoms. The van der Waals surface area contributed by atoms with Crippen molar-refractivity contribution in [3.8, 4) is 0 Å². The summed E-state index contributed by atoms with van der Waals surface area (Å²) in [5.41, 5.74) is 1.37. The van der Waals surface area contributed by atoms with Crippen LogP contribution < -0.4 is 5.32 Å². The Hall–Kier alpha value is -1.12. The van der Waals surface area contributed by atoms with E-state index in [1.807, 2.05) is 12.1 Å². The molecule has 110 valence electrons. The fourth-order valence-corrected chi connectivity index (χ4v) is 3.00. The van der Waals surface area contributed by atoms with Crippen molar-refractivity contribution in [2.75, 3.05) is 0 Å². The van der Waals surface area contributed by atoms with Gasteiger partial charge in [-0.05, 0) is 58.5 Å². The molecule has 1 amide bonds. The van der Waals surface area contributed by atoms with Crippen LogP contribution in [0, 0.1) is 3.57 Å². The summed E-state index contributed by atoms with van der Waals surface area (Å²) in [5, 5.41) is 2.78. The van der Waals surface area contributed by atoms with Gasteiger partial charge in [-0.2, -0.15) is 0 Å². The predicted octanol–water partition coefficient (Wildman–Crippen LogP) is 3.15. The third-order valence-corrected chi connectivity index (χ3v) is 4.79. The topological polar surface area (TPSA) is 63.2 Å². The third kappa shape index (κ3) is 4.69. The standard InChI is InChI=1S/C14H11ClINO3S/c15-21(19,20)13-6-4-10(5-7-13)9-17-14(18)11-2-1-3-12(16)8-11/h1-8H,9H2,(H,17,18). The van der Waals surface area contributed by atoms with Gasteiger partial charge < -0.3 is 5.32 Å². The minimum atomic E-state index is -3.71. The predicted molar refractivity (Wildman–Crippen MR) is 89.8 cm³/mol. The first-order valence-electron chi connectivity index (χ1n) is 5.93. The molecule has 4 nitrogen and oxygen atoms in total. The lowest BCUT2D eigenvalue weighted by Gasteiger charge is -2.06. The first-order valence-corrected chi connectivity index (χ1v) is 9.32. The molecule has 0 aliphatic carbocycles. The van der Waals surface area contributed by atoms with Crippen molar-refractivity contribution in [3.63, 3.8) is 0 Å². The monoisotopic (exact) mass is 435 g/mol. The average molecular weight is 436 g/mol. The van der Waals surface area contributed by atoms with Crippen LogP contribution in [0.25, 0.3) is 0 Å². The van der Waals surface area contributed by atoms with Gasteiger partial charge in [-0.25, -0.2) is 8.42 Å². The van der Waals surface area contributed by atoms with E-state index in [0.29, 0.717) is 12.1 Å². The molecule has 21 heavy (non-hydrogen) atoms. The maximum atomic E-state index is 12.0. The van der Waals surface area contributed by atoms with Gasteiger partial charge in [0.2, 0.25) is 0 Å². The molecule has 0 spiro atoms. The Morgan fingerprint density at radius 1 is 1.14 bits per heavy atom. The second kappa shape index (κ2) is 6.76. The van der Waals surface area contributed by atoms with Gasteiger partial charge in [0.25, 0.3) is 15.0 Å². The summed E-state index contributed by atoms with van der Waals surface area (Å²) in [4.78, 5) is 12.0. The molecule has 1 N–H and O–H groups in total. The first kappa shape index (κ1) is 16.3. The minimum absolute atomic E-state index is 0.0388. The van der Waals surface area contributed by atoms with Crippen LogP contribution in [0.4, 0.5) is 0 Å². The lowest BCUT2D eigenvalue weighted by atomic mass is 10.2. The highest BCUT2D eigenvalue weighted by Crippen LogP contribution is 2.15. The molecular formula is C14H11ClINO3S. The second-order valence-corrected chi connectivity index (χ2v) is 8.09. The van der Waals surface area contributed by atoms with E-state index in [-0.39, 0.29) is 10.8 Å². The Kier molecular flexibility index (Phi) is 5.23. The van der Waals surface area contributed by atoms with Crippen molar-refractivity contribution in [2.45, 2.75) is 11.4 Å². The number of hydrogen-bond donors (Lipinski definition) is 1. The highest BCUT2D eigenvalue weighted by Gasteiger charge is 2.09. The van der Waals surface area contributed by atoms with Crippen LogP contribution in [-0.4, -0.2) is 14.3 Å². The largest absolute Gasteiger partial charge is 0.348 e. The Balaban J connectivity index is 2.02. The van der Waals surface area contributed by atoms with Crippen LogP contribution in [0.1, 0.15) is 15.9 Å². The molecule has 0 aromatic heterocycles. The van der Waals surface area contributed by atoms with Gasteiger partial charge in [0.05, 0.1) is 4.90 Å². The molecule has 0 fully saturated rings. The van der Waals surface area contributed by atoms with Crippen LogP contribution in [0.2, 0.25) is 0 Å². The van der Waals surface area contributed by atoms with Crippen molar-refractivity contribution in [1.29, 1.82) is 0 Å². The van der Waals surface area contributed by atoms with Gasteiger partial charge in [-0.3, -0.25) is 4.79 Å². The zero-order chi connectivity index (χ0) is 15.5. The van der Waals surface area contributed by atoms with Crippen molar-refractivity contribution >= 4 is 48.2 Å². The maximum Gasteiger partial charge on any atom is 0.261 e. The minimum Gasteiger partial charge on any atom is -0.348 e. The number of amides is 1. The number of rotatable bonds is 4. The molecule has 0 unspecified atom stereocenters. The number of hydrogen-bond acceptors (Lipinski definition) is 3. The van der Waals surface area contributed by atoms with Crippen LogP contribution in [-0.2, 0) is 15.6 Å². The van der Waals surface area contributed by atoms with Crippen molar-refractivity contribution in [2.24, 2.45) is 0 Å². The number of carbonyl (C=O) groups excluding carboxylic acids is 1. The van der Waals surface area contributed by atoms with Crippen LogP contribution in [0.3, 0.4) is 0 Å². The molecule has 0 radical (unpaired) electrons. The summed E-state index contributed by atoms with van der Waals surface area (Å²) in [5.74, 6) is -0.178. The van der Waals surface area contributed by atoms with E-state index >= 15 is 0 Å². The molecular weight excluding hydrogens is 425 g/mol. The molecule has 2 rings (SSSR count). The molecule has 0 aliphatic rings. The Morgan fingerprint density at radius 3 is 2.38 bits per heavy atom. The number of halogens is 2. The quantitative estimate of drug-likeness (QED) is 0.593. The van der Waals surface area contributed by atoms with Gasteiger partial charge in [-0.1, -0.05) is 18.2 Å². The molecule has 0 saturated heterocycles. The molecule has 0 aliphatic heterocycles. The van der Waals surface area contributed by atoms with Crippen LogP contribution in [0.5, 0.6) is 0 Å². The van der Waals surface area contributed by atoms with E-state index < -0.39 is 9.05 Å². The molecule has 2 aromatic rings. The van der Waals surface area contributed by atoms with E-state index in [9.17, 15) is 13.2 Å². The smallest absolute Gasteiger partial charge is 0.261 e. The second-order valence-electron chi connectivity index (χ2n) is 4.27. The molecule has 2 aromatic carbocycles. The lowest BCUT2D eigenvalue weighted by Crippen LogP contribution is -2.22. The van der Waals surface area contributed by atoms with Crippen molar-refractivity contribution < 1.29 is 13.2 Å². The lowest BCUT2D eigenvalue weighted by molar-refractivity contribution is 0.0951. The van der Waals surface area contributed by atoms with Gasteiger partial charge in [0.15, 0.2) is 0 Å². The summed E-state index contributed by atoms with van der Waals surface area (Å²) >= 11 is 2.14. The van der Waals surface area contributed by atoms with E-state index in [1.54, 1.807) is 24.3 Å². The van der Waals surface area contributed by atoms with Crippen molar-refractivity contribution in [3.05, 3.63) is 63.2 Å². The Labute approximate surface area is 141 Å². The summed E-state index contributed by atoms with van der Waals surface area (Å²) in [6, 6.07) is 13.3. The average Bonchev–Trinajstić information content (AvgIpc) is 2.44. The van der Waals surface area contributed by atoms with Gasteiger partial charge in [-0.15, -0.1) is 0 Å². The number of carbonyl (C=O) groups is 1. The summed E-state index contributed by atoms with van der Waals surface area (Å²) in [6.45, 7) is 0.312. The summed E-state index contributed by atoms with van der Waals surface area (Å²) in [6.07, 6.45) is 0. The van der Waals surface area contributed by atoms with E-state index in [0.717, 1.165) is 9.13 Å². The van der Waals surface area contributed by atoms with Crippen molar-refractivity contribution in [1.82, 2.24) is 5.32 Å². The molecule has 0 heterocycles. The van der Waals surface area contributed by atoms with E-state index in [2.05, 4.69) is 27.9 Å². The first-order chi connectivity index (χ1) is 9.86. The van der Waals surface area contributed by atoms with Gasteiger partial charge in [0.1, 0.15) is 0 Å². The van der Waals surface area contributed by atoms with E-state index in [4.69, 9.17) is 10.7 Å². The van der Waals surface area contributed by atoms with Gasteiger partial charge in [0, 0.05) is 26.4 Å². The zero-order valence-corrected chi connectivity index (χ0v) is 14.4. The highest BCUT2D eigenvalue weighted by molar-refractivity contribution is 14.1. The Bertz CT molecular complexity index is 760.